The number of carbonyl (C=O) groups excluding carboxylic acids is 2. The molecule has 0 bridgehead atoms. The van der Waals surface area contributed by atoms with E-state index in [0.717, 1.165) is 21.1 Å². The van der Waals surface area contributed by atoms with Crippen LogP contribution in [0.4, 0.5) is 11.4 Å². The molecule has 14 heteroatoms. The predicted octanol–water partition coefficient (Wildman–Crippen LogP) is 1.52. The molecule has 12 nitrogen and oxygen atoms in total. The van der Waals surface area contributed by atoms with Gasteiger partial charge in [0.2, 0.25) is 20.0 Å². The van der Waals surface area contributed by atoms with E-state index >= 15 is 0 Å². The molecule has 0 heterocycles. The van der Waals surface area contributed by atoms with Crippen LogP contribution >= 0.6 is 0 Å². The number of hydrogen-bond acceptors (Lipinski definition) is 8. The van der Waals surface area contributed by atoms with Crippen molar-refractivity contribution in [2.75, 3.05) is 34.2 Å². The molecular formula is C26H28N6O6S2. The predicted molar refractivity (Wildman–Crippen MR) is 155 cm³/mol. The van der Waals surface area contributed by atoms with Gasteiger partial charge < -0.3 is 0 Å². The van der Waals surface area contributed by atoms with Gasteiger partial charge in [-0.2, -0.15) is 10.2 Å². The van der Waals surface area contributed by atoms with E-state index in [1.54, 1.807) is 84.9 Å². The van der Waals surface area contributed by atoms with Gasteiger partial charge in [-0.05, 0) is 35.4 Å². The maximum atomic E-state index is 12.3. The van der Waals surface area contributed by atoms with E-state index in [1.165, 1.54) is 12.4 Å². The van der Waals surface area contributed by atoms with Crippen LogP contribution < -0.4 is 19.5 Å². The molecule has 0 aliphatic heterocycles. The highest BCUT2D eigenvalue weighted by molar-refractivity contribution is 7.92. The molecular weight excluding hydrogens is 556 g/mol. The van der Waals surface area contributed by atoms with Crippen molar-refractivity contribution in [3.63, 3.8) is 0 Å². The maximum Gasteiger partial charge on any atom is 0.260 e. The van der Waals surface area contributed by atoms with Gasteiger partial charge in [-0.3, -0.25) is 18.2 Å². The summed E-state index contributed by atoms with van der Waals surface area (Å²) in [7, 11) is -7.36. The summed E-state index contributed by atoms with van der Waals surface area (Å²) in [5.41, 5.74) is 6.61. The second-order valence-electron chi connectivity index (χ2n) is 8.46. The highest BCUT2D eigenvalue weighted by Gasteiger charge is 2.21. The second-order valence-corrected chi connectivity index (χ2v) is 12.3. The Morgan fingerprint density at radius 1 is 0.625 bits per heavy atom. The van der Waals surface area contributed by atoms with E-state index in [9.17, 15) is 26.4 Å². The quantitative estimate of drug-likeness (QED) is 0.243. The van der Waals surface area contributed by atoms with Gasteiger partial charge in [-0.1, -0.05) is 60.7 Å². The normalized spacial score (nSPS) is 11.8. The first-order chi connectivity index (χ1) is 18.9. The van der Waals surface area contributed by atoms with Gasteiger partial charge in [0.1, 0.15) is 13.1 Å². The molecule has 0 unspecified atom stereocenters. The van der Waals surface area contributed by atoms with E-state index in [2.05, 4.69) is 21.1 Å². The second kappa shape index (κ2) is 13.5. The van der Waals surface area contributed by atoms with E-state index in [1.807, 2.05) is 0 Å². The third kappa shape index (κ3) is 9.32. The third-order valence-electron chi connectivity index (χ3n) is 5.21. The monoisotopic (exact) mass is 584 g/mol. The van der Waals surface area contributed by atoms with E-state index in [-0.39, 0.29) is 0 Å². The Bertz CT molecular complexity index is 1460. The van der Waals surface area contributed by atoms with E-state index in [4.69, 9.17) is 0 Å². The number of carbonyl (C=O) groups is 2. The zero-order valence-corrected chi connectivity index (χ0v) is 23.3. The first-order valence-corrected chi connectivity index (χ1v) is 15.4. The molecule has 0 spiro atoms. The minimum absolute atomic E-state index is 0.362. The molecule has 210 valence electrons. The standard InChI is InChI=1S/C26H28N6O6S2/c1-39(35,36)31(23-9-5-3-6-10-23)19-25(33)29-27-17-21-13-15-22(16-14-21)18-28-30-26(34)20-32(40(2,37)38)24-11-7-4-8-12-24/h3-18H,19-20H2,1-2H3,(H,29,33)(H,30,34). The van der Waals surface area contributed by atoms with Gasteiger partial charge in [0.15, 0.2) is 0 Å². The molecule has 3 aromatic carbocycles. The fraction of sp³-hybridized carbons (Fsp3) is 0.154. The van der Waals surface area contributed by atoms with Crippen LogP contribution in [-0.2, 0) is 29.6 Å². The Morgan fingerprint density at radius 2 is 0.950 bits per heavy atom. The molecule has 0 aliphatic rings. The Hall–Kier alpha value is -4.56. The first kappa shape index (κ1) is 30.0. The lowest BCUT2D eigenvalue weighted by atomic mass is 10.2. The lowest BCUT2D eigenvalue weighted by Gasteiger charge is -2.21. The summed E-state index contributed by atoms with van der Waals surface area (Å²) in [6, 6.07) is 23.3. The summed E-state index contributed by atoms with van der Waals surface area (Å²) in [4.78, 5) is 24.5. The van der Waals surface area contributed by atoms with Crippen LogP contribution in [0.25, 0.3) is 0 Å². The van der Waals surface area contributed by atoms with Crippen molar-refractivity contribution in [2.45, 2.75) is 0 Å². The van der Waals surface area contributed by atoms with Crippen LogP contribution in [0.5, 0.6) is 0 Å². The largest absolute Gasteiger partial charge is 0.271 e. The molecule has 0 radical (unpaired) electrons. The molecule has 0 saturated heterocycles. The zero-order valence-electron chi connectivity index (χ0n) is 21.7. The summed E-state index contributed by atoms with van der Waals surface area (Å²) in [6.07, 6.45) is 4.80. The van der Waals surface area contributed by atoms with Crippen molar-refractivity contribution >= 4 is 55.7 Å². The van der Waals surface area contributed by atoms with Crippen molar-refractivity contribution in [1.82, 2.24) is 10.9 Å². The van der Waals surface area contributed by atoms with Crippen molar-refractivity contribution in [3.8, 4) is 0 Å². The molecule has 40 heavy (non-hydrogen) atoms. The van der Waals surface area contributed by atoms with E-state index < -0.39 is 45.0 Å². The summed E-state index contributed by atoms with van der Waals surface area (Å²) < 4.78 is 50.4. The molecule has 0 aliphatic carbocycles. The number of para-hydroxylation sites is 2. The SMILES string of the molecule is CS(=O)(=O)N(CC(=O)NN=Cc1ccc(C=NNC(=O)CN(c2ccccc2)S(C)(=O)=O)cc1)c1ccccc1. The van der Waals surface area contributed by atoms with Crippen molar-refractivity contribution in [2.24, 2.45) is 10.2 Å². The lowest BCUT2D eigenvalue weighted by molar-refractivity contribution is -0.120. The molecule has 3 aromatic rings. The number of amides is 2. The first-order valence-electron chi connectivity index (χ1n) is 11.7. The fourth-order valence-corrected chi connectivity index (χ4v) is 5.06. The van der Waals surface area contributed by atoms with Crippen LogP contribution in [0, 0.1) is 0 Å². The smallest absolute Gasteiger partial charge is 0.260 e. The molecule has 0 fully saturated rings. The maximum absolute atomic E-state index is 12.3. The van der Waals surface area contributed by atoms with Gasteiger partial charge in [0, 0.05) is 0 Å². The summed E-state index contributed by atoms with van der Waals surface area (Å²) in [5, 5.41) is 7.73. The summed E-state index contributed by atoms with van der Waals surface area (Å²) >= 11 is 0. The number of benzene rings is 3. The van der Waals surface area contributed by atoms with Crippen molar-refractivity contribution in [1.29, 1.82) is 0 Å². The average Bonchev–Trinajstić information content (AvgIpc) is 2.91. The minimum Gasteiger partial charge on any atom is -0.271 e. The van der Waals surface area contributed by atoms with Gasteiger partial charge >= 0.3 is 0 Å². The van der Waals surface area contributed by atoms with Crippen LogP contribution in [0.3, 0.4) is 0 Å². The third-order valence-corrected chi connectivity index (χ3v) is 7.49. The van der Waals surface area contributed by atoms with Crippen molar-refractivity contribution < 1.29 is 26.4 Å². The molecule has 2 N–H and O–H groups in total. The van der Waals surface area contributed by atoms with Crippen molar-refractivity contribution in [3.05, 3.63) is 96.1 Å². The van der Waals surface area contributed by atoms with E-state index in [0.29, 0.717) is 22.5 Å². The fourth-order valence-electron chi connectivity index (χ4n) is 3.35. The topological polar surface area (TPSA) is 158 Å². The number of sulfonamides is 2. The van der Waals surface area contributed by atoms with Crippen LogP contribution in [-0.4, -0.2) is 66.7 Å². The summed E-state index contributed by atoms with van der Waals surface area (Å²) in [5.74, 6) is -1.24. The van der Waals surface area contributed by atoms with Crippen LogP contribution in [0.2, 0.25) is 0 Å². The number of anilines is 2. The Kier molecular flexibility index (Phi) is 10.1. The number of hydrogen-bond donors (Lipinski definition) is 2. The molecule has 0 atom stereocenters. The Labute approximate surface area is 233 Å². The molecule has 0 saturated carbocycles. The van der Waals surface area contributed by atoms with Gasteiger partial charge in [-0.25, -0.2) is 27.7 Å². The zero-order chi connectivity index (χ0) is 29.2. The minimum atomic E-state index is -3.68. The van der Waals surface area contributed by atoms with Gasteiger partial charge in [0.25, 0.3) is 11.8 Å². The molecule has 0 aromatic heterocycles. The summed E-state index contributed by atoms with van der Waals surface area (Å²) in [6.45, 7) is -0.872. The van der Waals surface area contributed by atoms with Gasteiger partial charge in [0.05, 0.1) is 36.3 Å². The molecule has 2 amide bonds. The Morgan fingerprint density at radius 3 is 1.25 bits per heavy atom. The number of nitrogens with one attached hydrogen (secondary N) is 2. The highest BCUT2D eigenvalue weighted by Crippen LogP contribution is 2.17. The highest BCUT2D eigenvalue weighted by atomic mass is 32.2. The number of rotatable bonds is 12. The van der Waals surface area contributed by atoms with Crippen LogP contribution in [0.15, 0.2) is 95.1 Å². The lowest BCUT2D eigenvalue weighted by Crippen LogP contribution is -2.39. The van der Waals surface area contributed by atoms with Crippen LogP contribution in [0.1, 0.15) is 11.1 Å². The molecule has 3 rings (SSSR count). The number of nitrogens with zero attached hydrogens (tertiary/aromatic N) is 4. The Balaban J connectivity index is 1.52. The number of hydrazone groups is 2. The van der Waals surface area contributed by atoms with Gasteiger partial charge in [-0.15, -0.1) is 0 Å². The average molecular weight is 585 g/mol.